The fourth-order valence-corrected chi connectivity index (χ4v) is 4.77. The zero-order chi connectivity index (χ0) is 22.3. The molecule has 172 valence electrons. The van der Waals surface area contributed by atoms with Crippen molar-refractivity contribution < 1.29 is 9.53 Å². The van der Waals surface area contributed by atoms with Crippen LogP contribution in [0.25, 0.3) is 5.69 Å². The van der Waals surface area contributed by atoms with E-state index in [2.05, 4.69) is 15.3 Å². The monoisotopic (exact) mass is 438 g/mol. The van der Waals surface area contributed by atoms with Gasteiger partial charge in [0.2, 0.25) is 5.91 Å². The van der Waals surface area contributed by atoms with Crippen molar-refractivity contribution in [3.05, 3.63) is 46.8 Å². The summed E-state index contributed by atoms with van der Waals surface area (Å²) in [5.41, 5.74) is 0.526. The van der Waals surface area contributed by atoms with Gasteiger partial charge in [0.25, 0.3) is 5.56 Å². The maximum absolute atomic E-state index is 12.8. The molecule has 2 aliphatic rings. The van der Waals surface area contributed by atoms with Crippen LogP contribution in [0, 0.1) is 5.92 Å². The average Bonchev–Trinajstić information content (AvgIpc) is 2.81. The molecular formula is C25H34N4O3. The number of piperidine rings is 1. The van der Waals surface area contributed by atoms with Crippen molar-refractivity contribution in [3.8, 4) is 11.4 Å². The standard InChI is InChI=1S/C25H34N4O3/c1-32-22-11-9-21(10-12-22)29-24(30)14-13-23(27-29)28-17-15-19(16-18-28)25(31)26-20-7-5-3-2-4-6-8-20/h9-14,19-20H,2-8,15-18H2,1H3,(H,26,31). The van der Waals surface area contributed by atoms with E-state index in [1.165, 1.54) is 36.8 Å². The number of carbonyl (C=O) groups is 1. The molecule has 7 heteroatoms. The highest BCUT2D eigenvalue weighted by atomic mass is 16.5. The van der Waals surface area contributed by atoms with Gasteiger partial charge in [0.05, 0.1) is 12.8 Å². The molecule has 4 rings (SSSR count). The summed E-state index contributed by atoms with van der Waals surface area (Å²) in [5.74, 6) is 1.77. The van der Waals surface area contributed by atoms with Gasteiger partial charge in [-0.3, -0.25) is 9.59 Å². The van der Waals surface area contributed by atoms with Gasteiger partial charge < -0.3 is 15.0 Å². The van der Waals surface area contributed by atoms with E-state index in [0.717, 1.165) is 50.3 Å². The average molecular weight is 439 g/mol. The third kappa shape index (κ3) is 5.50. The molecule has 2 fully saturated rings. The highest BCUT2D eigenvalue weighted by Gasteiger charge is 2.27. The molecule has 0 atom stereocenters. The van der Waals surface area contributed by atoms with Crippen LogP contribution in [0.3, 0.4) is 0 Å². The quantitative estimate of drug-likeness (QED) is 0.771. The van der Waals surface area contributed by atoms with Gasteiger partial charge in [-0.1, -0.05) is 32.1 Å². The molecule has 1 aromatic carbocycles. The minimum absolute atomic E-state index is 0.0594. The Morgan fingerprint density at radius 1 is 0.938 bits per heavy atom. The molecule has 1 saturated heterocycles. The molecule has 1 saturated carbocycles. The van der Waals surface area contributed by atoms with Gasteiger partial charge in [-0.25, -0.2) is 0 Å². The van der Waals surface area contributed by atoms with Crippen molar-refractivity contribution in [2.45, 2.75) is 63.8 Å². The zero-order valence-electron chi connectivity index (χ0n) is 19.0. The molecule has 2 heterocycles. The van der Waals surface area contributed by atoms with Crippen LogP contribution in [-0.2, 0) is 4.79 Å². The summed E-state index contributed by atoms with van der Waals surface area (Å²) in [4.78, 5) is 27.4. The minimum Gasteiger partial charge on any atom is -0.497 e. The molecule has 0 unspecified atom stereocenters. The number of rotatable bonds is 5. The predicted molar refractivity (Wildman–Crippen MR) is 126 cm³/mol. The first-order valence-corrected chi connectivity index (χ1v) is 11.9. The third-order valence-electron chi connectivity index (χ3n) is 6.74. The van der Waals surface area contributed by atoms with E-state index in [-0.39, 0.29) is 17.4 Å². The fraction of sp³-hybridized carbons (Fsp3) is 0.560. The second kappa shape index (κ2) is 10.7. The van der Waals surface area contributed by atoms with Crippen LogP contribution in [0.15, 0.2) is 41.2 Å². The SMILES string of the molecule is COc1ccc(-n2nc(N3CCC(C(=O)NC4CCCCCCC4)CC3)ccc2=O)cc1. The zero-order valence-corrected chi connectivity index (χ0v) is 19.0. The summed E-state index contributed by atoms with van der Waals surface area (Å²) in [5, 5.41) is 7.92. The lowest BCUT2D eigenvalue weighted by molar-refractivity contribution is -0.126. The number of aromatic nitrogens is 2. The van der Waals surface area contributed by atoms with Gasteiger partial charge in [-0.15, -0.1) is 5.10 Å². The van der Waals surface area contributed by atoms with Crippen molar-refractivity contribution in [1.29, 1.82) is 0 Å². The molecule has 0 spiro atoms. The van der Waals surface area contributed by atoms with E-state index in [4.69, 9.17) is 4.74 Å². The Labute approximate surface area is 189 Å². The molecule has 1 amide bonds. The lowest BCUT2D eigenvalue weighted by atomic mass is 9.93. The van der Waals surface area contributed by atoms with E-state index in [1.807, 2.05) is 24.3 Å². The van der Waals surface area contributed by atoms with Crippen LogP contribution in [0.1, 0.15) is 57.8 Å². The molecular weight excluding hydrogens is 404 g/mol. The first-order chi connectivity index (χ1) is 15.6. The lowest BCUT2D eigenvalue weighted by Gasteiger charge is -2.33. The number of carbonyl (C=O) groups excluding carboxylic acids is 1. The number of hydrogen-bond acceptors (Lipinski definition) is 5. The minimum atomic E-state index is -0.174. The van der Waals surface area contributed by atoms with E-state index in [0.29, 0.717) is 11.7 Å². The highest BCUT2D eigenvalue weighted by molar-refractivity contribution is 5.79. The molecule has 2 aromatic rings. The summed E-state index contributed by atoms with van der Waals surface area (Å²) < 4.78 is 6.61. The maximum Gasteiger partial charge on any atom is 0.271 e. The number of benzene rings is 1. The number of amides is 1. The summed E-state index contributed by atoms with van der Waals surface area (Å²) >= 11 is 0. The van der Waals surface area contributed by atoms with Gasteiger partial charge >= 0.3 is 0 Å². The van der Waals surface area contributed by atoms with Gasteiger partial charge in [-0.2, -0.15) is 4.68 Å². The van der Waals surface area contributed by atoms with Gasteiger partial charge in [-0.05, 0) is 56.0 Å². The van der Waals surface area contributed by atoms with Gasteiger partial charge in [0.15, 0.2) is 0 Å². The smallest absolute Gasteiger partial charge is 0.271 e. The molecule has 0 bridgehead atoms. The predicted octanol–water partition coefficient (Wildman–Crippen LogP) is 3.69. The van der Waals surface area contributed by atoms with Crippen molar-refractivity contribution >= 4 is 11.7 Å². The Kier molecular flexibility index (Phi) is 7.45. The van der Waals surface area contributed by atoms with Crippen LogP contribution in [-0.4, -0.2) is 41.9 Å². The van der Waals surface area contributed by atoms with E-state index < -0.39 is 0 Å². The van der Waals surface area contributed by atoms with E-state index in [9.17, 15) is 9.59 Å². The number of anilines is 1. The van der Waals surface area contributed by atoms with E-state index >= 15 is 0 Å². The molecule has 1 aliphatic heterocycles. The molecule has 1 N–H and O–H groups in total. The lowest BCUT2D eigenvalue weighted by Crippen LogP contribution is -2.44. The second-order valence-corrected chi connectivity index (χ2v) is 8.95. The Morgan fingerprint density at radius 3 is 2.25 bits per heavy atom. The van der Waals surface area contributed by atoms with Crippen LogP contribution in [0.2, 0.25) is 0 Å². The normalized spacial score (nSPS) is 18.6. The van der Waals surface area contributed by atoms with Crippen molar-refractivity contribution in [2.75, 3.05) is 25.1 Å². The molecule has 32 heavy (non-hydrogen) atoms. The van der Waals surface area contributed by atoms with Crippen LogP contribution in [0.5, 0.6) is 5.75 Å². The van der Waals surface area contributed by atoms with Crippen molar-refractivity contribution in [2.24, 2.45) is 5.92 Å². The fourth-order valence-electron chi connectivity index (χ4n) is 4.77. The number of nitrogens with zero attached hydrogens (tertiary/aromatic N) is 3. The molecule has 1 aromatic heterocycles. The van der Waals surface area contributed by atoms with Crippen LogP contribution >= 0.6 is 0 Å². The van der Waals surface area contributed by atoms with Crippen molar-refractivity contribution in [1.82, 2.24) is 15.1 Å². The van der Waals surface area contributed by atoms with Crippen LogP contribution < -0.4 is 20.5 Å². The molecule has 0 radical (unpaired) electrons. The summed E-state index contributed by atoms with van der Waals surface area (Å²) in [6.45, 7) is 1.52. The van der Waals surface area contributed by atoms with Gasteiger partial charge in [0.1, 0.15) is 11.6 Å². The number of hydrogen-bond donors (Lipinski definition) is 1. The van der Waals surface area contributed by atoms with Crippen molar-refractivity contribution in [3.63, 3.8) is 0 Å². The van der Waals surface area contributed by atoms with Gasteiger partial charge in [0, 0.05) is 31.1 Å². The Morgan fingerprint density at radius 2 is 1.59 bits per heavy atom. The van der Waals surface area contributed by atoms with E-state index in [1.54, 1.807) is 19.2 Å². The molecule has 1 aliphatic carbocycles. The second-order valence-electron chi connectivity index (χ2n) is 8.95. The number of nitrogens with one attached hydrogen (secondary N) is 1. The first-order valence-electron chi connectivity index (χ1n) is 11.9. The van der Waals surface area contributed by atoms with Crippen LogP contribution in [0.4, 0.5) is 5.82 Å². The topological polar surface area (TPSA) is 76.5 Å². The Balaban J connectivity index is 1.36. The summed E-state index contributed by atoms with van der Waals surface area (Å²) in [6.07, 6.45) is 10.2. The number of methoxy groups -OCH3 is 1. The summed E-state index contributed by atoms with van der Waals surface area (Å²) in [6, 6.07) is 11.0. The highest BCUT2D eigenvalue weighted by Crippen LogP contribution is 2.23. The largest absolute Gasteiger partial charge is 0.497 e. The third-order valence-corrected chi connectivity index (χ3v) is 6.74. The maximum atomic E-state index is 12.8. The Hall–Kier alpha value is -2.83. The first kappa shape index (κ1) is 22.4. The molecule has 7 nitrogen and oxygen atoms in total. The number of ether oxygens (including phenoxy) is 1. The Bertz CT molecular complexity index is 940. The summed E-state index contributed by atoms with van der Waals surface area (Å²) in [7, 11) is 1.61.